The van der Waals surface area contributed by atoms with E-state index in [0.717, 1.165) is 13.1 Å². The molecule has 1 amide bonds. The molecule has 4 nitrogen and oxygen atoms in total. The second kappa shape index (κ2) is 7.03. The number of carbonyl (C=O) groups excluding carboxylic acids is 1. The molecule has 0 aliphatic carbocycles. The monoisotopic (exact) mass is 281 g/mol. The van der Waals surface area contributed by atoms with Gasteiger partial charge >= 0.3 is 0 Å². The highest BCUT2D eigenvalue weighted by Gasteiger charge is 2.18. The first kappa shape index (κ1) is 14.5. The number of nitrogens with zero attached hydrogens (tertiary/aromatic N) is 2. The number of hydrogen-bond acceptors (Lipinski definition) is 4. The number of nitrogens with one attached hydrogen (secondary N) is 1. The van der Waals surface area contributed by atoms with E-state index in [0.29, 0.717) is 19.1 Å². The molecule has 1 aromatic rings. The molecule has 1 saturated heterocycles. The summed E-state index contributed by atoms with van der Waals surface area (Å²) >= 11 is 1.70. The summed E-state index contributed by atoms with van der Waals surface area (Å²) in [6.07, 6.45) is 2.48. The molecule has 106 valence electrons. The molecule has 1 aliphatic heterocycles. The standard InChI is InChI=1S/C14H23N3OS/c1-16(9-12-5-3-7-15-12)11-14(18)17(2)10-13-6-4-8-19-13/h4,6,8,12,15H,3,5,7,9-11H2,1-2H3. The predicted octanol–water partition coefficient (Wildman–Crippen LogP) is 1.39. The van der Waals surface area contributed by atoms with Gasteiger partial charge in [0.1, 0.15) is 0 Å². The SMILES string of the molecule is CN(CC(=O)N(C)Cc1cccs1)CC1CCCN1. The summed E-state index contributed by atoms with van der Waals surface area (Å²) in [5.74, 6) is 0.189. The van der Waals surface area contributed by atoms with Crippen LogP contribution in [0.3, 0.4) is 0 Å². The lowest BCUT2D eigenvalue weighted by Crippen LogP contribution is -2.41. The van der Waals surface area contributed by atoms with E-state index in [-0.39, 0.29) is 5.91 Å². The van der Waals surface area contributed by atoms with E-state index in [4.69, 9.17) is 0 Å². The average Bonchev–Trinajstić information content (AvgIpc) is 3.01. The summed E-state index contributed by atoms with van der Waals surface area (Å²) < 4.78 is 0. The molecule has 1 aromatic heterocycles. The van der Waals surface area contributed by atoms with Crippen molar-refractivity contribution in [3.05, 3.63) is 22.4 Å². The van der Waals surface area contributed by atoms with Gasteiger partial charge in [-0.15, -0.1) is 11.3 Å². The van der Waals surface area contributed by atoms with Gasteiger partial charge in [-0.05, 0) is 37.9 Å². The first-order chi connectivity index (χ1) is 9.15. The number of hydrogen-bond donors (Lipinski definition) is 1. The van der Waals surface area contributed by atoms with Crippen LogP contribution in [0.25, 0.3) is 0 Å². The van der Waals surface area contributed by atoms with Crippen molar-refractivity contribution in [1.82, 2.24) is 15.1 Å². The van der Waals surface area contributed by atoms with Crippen LogP contribution in [-0.4, -0.2) is 55.5 Å². The van der Waals surface area contributed by atoms with Crippen LogP contribution in [0, 0.1) is 0 Å². The van der Waals surface area contributed by atoms with Crippen LogP contribution >= 0.6 is 11.3 Å². The lowest BCUT2D eigenvalue weighted by atomic mass is 10.2. The summed E-state index contributed by atoms with van der Waals surface area (Å²) in [5.41, 5.74) is 0. The predicted molar refractivity (Wildman–Crippen MR) is 79.3 cm³/mol. The van der Waals surface area contributed by atoms with Crippen LogP contribution < -0.4 is 5.32 Å². The lowest BCUT2D eigenvalue weighted by molar-refractivity contribution is -0.131. The molecular weight excluding hydrogens is 258 g/mol. The molecule has 0 radical (unpaired) electrons. The van der Waals surface area contributed by atoms with Crippen molar-refractivity contribution in [1.29, 1.82) is 0 Å². The highest BCUT2D eigenvalue weighted by atomic mass is 32.1. The third-order valence-corrected chi connectivity index (χ3v) is 4.36. The zero-order valence-corrected chi connectivity index (χ0v) is 12.6. The van der Waals surface area contributed by atoms with E-state index < -0.39 is 0 Å². The molecule has 1 fully saturated rings. The smallest absolute Gasteiger partial charge is 0.236 e. The molecular formula is C14H23N3OS. The summed E-state index contributed by atoms with van der Waals surface area (Å²) in [5, 5.41) is 5.51. The van der Waals surface area contributed by atoms with Crippen LogP contribution in [0.15, 0.2) is 17.5 Å². The number of rotatable bonds is 6. The third-order valence-electron chi connectivity index (χ3n) is 3.50. The fourth-order valence-electron chi connectivity index (χ4n) is 2.43. The highest BCUT2D eigenvalue weighted by molar-refractivity contribution is 7.09. The largest absolute Gasteiger partial charge is 0.340 e. The van der Waals surface area contributed by atoms with Crippen LogP contribution in [0.2, 0.25) is 0 Å². The van der Waals surface area contributed by atoms with Crippen molar-refractivity contribution < 1.29 is 4.79 Å². The molecule has 5 heteroatoms. The summed E-state index contributed by atoms with van der Waals surface area (Å²) in [6.45, 7) is 3.29. The van der Waals surface area contributed by atoms with E-state index in [9.17, 15) is 4.79 Å². The number of likely N-dealkylation sites (N-methyl/N-ethyl adjacent to an activating group) is 2. The Morgan fingerprint density at radius 2 is 2.37 bits per heavy atom. The Labute approximate surface area is 119 Å². The Hall–Kier alpha value is -0.910. The maximum atomic E-state index is 12.1. The number of thiophene rings is 1. The van der Waals surface area contributed by atoms with Crippen molar-refractivity contribution in [2.75, 3.05) is 33.7 Å². The minimum absolute atomic E-state index is 0.189. The normalized spacial score (nSPS) is 19.0. The Bertz CT molecular complexity index is 387. The maximum Gasteiger partial charge on any atom is 0.236 e. The fourth-order valence-corrected chi connectivity index (χ4v) is 3.19. The topological polar surface area (TPSA) is 35.6 Å². The van der Waals surface area contributed by atoms with Gasteiger partial charge in [-0.1, -0.05) is 6.07 Å². The van der Waals surface area contributed by atoms with Crippen molar-refractivity contribution in [3.8, 4) is 0 Å². The van der Waals surface area contributed by atoms with Crippen LogP contribution in [0.5, 0.6) is 0 Å². The summed E-state index contributed by atoms with van der Waals surface area (Å²) in [6, 6.07) is 4.65. The molecule has 0 aromatic carbocycles. The van der Waals surface area contributed by atoms with Crippen molar-refractivity contribution in [3.63, 3.8) is 0 Å². The van der Waals surface area contributed by atoms with Gasteiger partial charge in [-0.2, -0.15) is 0 Å². The Balaban J connectivity index is 1.72. The number of amides is 1. The van der Waals surface area contributed by atoms with E-state index in [1.54, 1.807) is 11.3 Å². The second-order valence-corrected chi connectivity index (χ2v) is 6.35. The molecule has 1 unspecified atom stereocenters. The van der Waals surface area contributed by atoms with Crippen LogP contribution in [0.4, 0.5) is 0 Å². The van der Waals surface area contributed by atoms with E-state index >= 15 is 0 Å². The fraction of sp³-hybridized carbons (Fsp3) is 0.643. The average molecular weight is 281 g/mol. The highest BCUT2D eigenvalue weighted by Crippen LogP contribution is 2.11. The Morgan fingerprint density at radius 3 is 3.00 bits per heavy atom. The first-order valence-electron chi connectivity index (χ1n) is 6.83. The number of carbonyl (C=O) groups is 1. The van der Waals surface area contributed by atoms with Crippen LogP contribution in [-0.2, 0) is 11.3 Å². The Kier molecular flexibility index (Phi) is 5.36. The third kappa shape index (κ3) is 4.60. The van der Waals surface area contributed by atoms with E-state index in [1.165, 1.54) is 17.7 Å². The van der Waals surface area contributed by atoms with E-state index in [2.05, 4.69) is 16.3 Å². The molecule has 2 rings (SSSR count). The van der Waals surface area contributed by atoms with Gasteiger partial charge in [0.15, 0.2) is 0 Å². The van der Waals surface area contributed by atoms with Gasteiger partial charge in [0.2, 0.25) is 5.91 Å². The lowest BCUT2D eigenvalue weighted by Gasteiger charge is -2.23. The summed E-state index contributed by atoms with van der Waals surface area (Å²) in [4.78, 5) is 17.3. The second-order valence-electron chi connectivity index (χ2n) is 5.32. The minimum atomic E-state index is 0.189. The van der Waals surface area contributed by atoms with E-state index in [1.807, 2.05) is 30.4 Å². The maximum absolute atomic E-state index is 12.1. The minimum Gasteiger partial charge on any atom is -0.340 e. The molecule has 19 heavy (non-hydrogen) atoms. The zero-order chi connectivity index (χ0) is 13.7. The van der Waals surface area contributed by atoms with Crippen molar-refractivity contribution in [2.45, 2.75) is 25.4 Å². The van der Waals surface area contributed by atoms with Crippen molar-refractivity contribution in [2.24, 2.45) is 0 Å². The molecule has 2 heterocycles. The summed E-state index contributed by atoms with van der Waals surface area (Å²) in [7, 11) is 3.90. The molecule has 0 saturated carbocycles. The molecule has 0 spiro atoms. The van der Waals surface area contributed by atoms with Gasteiger partial charge in [0, 0.05) is 24.5 Å². The van der Waals surface area contributed by atoms with Gasteiger partial charge in [0.05, 0.1) is 13.1 Å². The van der Waals surface area contributed by atoms with Gasteiger partial charge in [0.25, 0.3) is 0 Å². The Morgan fingerprint density at radius 1 is 1.53 bits per heavy atom. The van der Waals surface area contributed by atoms with Crippen molar-refractivity contribution >= 4 is 17.2 Å². The zero-order valence-electron chi connectivity index (χ0n) is 11.8. The molecule has 1 N–H and O–H groups in total. The first-order valence-corrected chi connectivity index (χ1v) is 7.71. The molecule has 1 aliphatic rings. The van der Waals surface area contributed by atoms with Gasteiger partial charge in [-0.3, -0.25) is 9.69 Å². The molecule has 0 bridgehead atoms. The van der Waals surface area contributed by atoms with Gasteiger partial charge in [-0.25, -0.2) is 0 Å². The van der Waals surface area contributed by atoms with Gasteiger partial charge < -0.3 is 10.2 Å². The van der Waals surface area contributed by atoms with Crippen LogP contribution in [0.1, 0.15) is 17.7 Å². The molecule has 1 atom stereocenters. The quantitative estimate of drug-likeness (QED) is 0.856.